The van der Waals surface area contributed by atoms with Gasteiger partial charge in [0.05, 0.1) is 10.8 Å². The highest BCUT2D eigenvalue weighted by molar-refractivity contribution is 7.98. The first kappa shape index (κ1) is 16.3. The lowest BCUT2D eigenvalue weighted by molar-refractivity contribution is 0.551. The summed E-state index contributed by atoms with van der Waals surface area (Å²) in [5.74, 6) is 2.20. The minimum Gasteiger partial charge on any atom is -0.312 e. The van der Waals surface area contributed by atoms with E-state index in [-0.39, 0.29) is 0 Å². The van der Waals surface area contributed by atoms with Crippen LogP contribution in [0.4, 0.5) is 0 Å². The molecule has 112 valence electrons. The number of aromatic nitrogens is 2. The second-order valence-corrected chi connectivity index (χ2v) is 6.68. The molecule has 2 rings (SSSR count). The van der Waals surface area contributed by atoms with Gasteiger partial charge < -0.3 is 5.32 Å². The monoisotopic (exact) mass is 321 g/mol. The zero-order valence-corrected chi connectivity index (χ0v) is 13.9. The van der Waals surface area contributed by atoms with E-state index in [2.05, 4.69) is 29.1 Å². The number of hydrogen-bond acceptors (Lipinski definition) is 4. The molecule has 5 heteroatoms. The van der Waals surface area contributed by atoms with Crippen LogP contribution >= 0.6 is 23.4 Å². The van der Waals surface area contributed by atoms with Crippen LogP contribution in [0.1, 0.15) is 25.2 Å². The standard InChI is InChI=1S/C16H20ClN3S/c1-12(2)7-18-8-13-9-19-16(20-10-13)11-21-15-6-4-3-5-14(15)17/h3-6,9-10,12,18H,7-8,11H2,1-2H3. The first-order valence-corrected chi connectivity index (χ1v) is 8.39. The summed E-state index contributed by atoms with van der Waals surface area (Å²) in [7, 11) is 0. The van der Waals surface area contributed by atoms with Crippen LogP contribution in [-0.4, -0.2) is 16.5 Å². The number of thioether (sulfide) groups is 1. The predicted octanol–water partition coefficient (Wildman–Crippen LogP) is 4.17. The van der Waals surface area contributed by atoms with E-state index >= 15 is 0 Å². The van der Waals surface area contributed by atoms with Gasteiger partial charge in [0.25, 0.3) is 0 Å². The molecule has 1 heterocycles. The molecule has 1 N–H and O–H groups in total. The average molecular weight is 322 g/mol. The van der Waals surface area contributed by atoms with Gasteiger partial charge in [-0.3, -0.25) is 0 Å². The molecule has 0 atom stereocenters. The maximum absolute atomic E-state index is 6.13. The van der Waals surface area contributed by atoms with Crippen molar-refractivity contribution in [1.29, 1.82) is 0 Å². The van der Waals surface area contributed by atoms with Crippen LogP contribution in [0.3, 0.4) is 0 Å². The van der Waals surface area contributed by atoms with Gasteiger partial charge in [0.1, 0.15) is 5.82 Å². The van der Waals surface area contributed by atoms with E-state index in [1.807, 2.05) is 36.7 Å². The smallest absolute Gasteiger partial charge is 0.138 e. The Kier molecular flexibility index (Phi) is 6.49. The molecule has 0 unspecified atom stereocenters. The lowest BCUT2D eigenvalue weighted by Gasteiger charge is -2.07. The summed E-state index contributed by atoms with van der Waals surface area (Å²) in [4.78, 5) is 9.87. The van der Waals surface area contributed by atoms with Crippen LogP contribution in [0, 0.1) is 5.92 Å². The van der Waals surface area contributed by atoms with E-state index in [4.69, 9.17) is 11.6 Å². The second kappa shape index (κ2) is 8.37. The molecule has 2 aromatic rings. The largest absolute Gasteiger partial charge is 0.312 e. The molecule has 0 fully saturated rings. The predicted molar refractivity (Wildman–Crippen MR) is 89.6 cm³/mol. The minimum atomic E-state index is 0.650. The van der Waals surface area contributed by atoms with Gasteiger partial charge in [-0.05, 0) is 24.6 Å². The molecule has 0 saturated carbocycles. The van der Waals surface area contributed by atoms with Crippen molar-refractivity contribution in [2.24, 2.45) is 5.92 Å². The summed E-state index contributed by atoms with van der Waals surface area (Å²) in [5.41, 5.74) is 1.11. The highest BCUT2D eigenvalue weighted by Crippen LogP contribution is 2.28. The molecule has 0 amide bonds. The Balaban J connectivity index is 1.84. The maximum atomic E-state index is 6.13. The van der Waals surface area contributed by atoms with Crippen LogP contribution in [0.25, 0.3) is 0 Å². The molecule has 0 aliphatic rings. The number of hydrogen-bond donors (Lipinski definition) is 1. The quantitative estimate of drug-likeness (QED) is 0.777. The summed E-state index contributed by atoms with van der Waals surface area (Å²) >= 11 is 7.78. The van der Waals surface area contributed by atoms with Crippen LogP contribution in [0.15, 0.2) is 41.6 Å². The molecule has 3 nitrogen and oxygen atoms in total. The van der Waals surface area contributed by atoms with E-state index < -0.39 is 0 Å². The van der Waals surface area contributed by atoms with Crippen molar-refractivity contribution in [3.63, 3.8) is 0 Å². The van der Waals surface area contributed by atoms with Crippen LogP contribution in [0.5, 0.6) is 0 Å². The third kappa shape index (κ3) is 5.65. The van der Waals surface area contributed by atoms with Crippen molar-refractivity contribution in [3.05, 3.63) is 53.1 Å². The molecule has 0 aliphatic carbocycles. The van der Waals surface area contributed by atoms with Crippen molar-refractivity contribution >= 4 is 23.4 Å². The highest BCUT2D eigenvalue weighted by atomic mass is 35.5. The molecule has 0 spiro atoms. The summed E-state index contributed by atoms with van der Waals surface area (Å²) < 4.78 is 0. The first-order valence-electron chi connectivity index (χ1n) is 7.03. The van der Waals surface area contributed by atoms with E-state index in [0.29, 0.717) is 5.92 Å². The lowest BCUT2D eigenvalue weighted by atomic mass is 10.2. The topological polar surface area (TPSA) is 37.8 Å². The van der Waals surface area contributed by atoms with Crippen molar-refractivity contribution in [3.8, 4) is 0 Å². The molecule has 0 radical (unpaired) electrons. The average Bonchev–Trinajstić information content (AvgIpc) is 2.47. The van der Waals surface area contributed by atoms with Crippen LogP contribution in [0.2, 0.25) is 5.02 Å². The fraction of sp³-hybridized carbons (Fsp3) is 0.375. The number of nitrogens with zero attached hydrogens (tertiary/aromatic N) is 2. The normalized spacial score (nSPS) is 11.0. The van der Waals surface area contributed by atoms with E-state index in [9.17, 15) is 0 Å². The maximum Gasteiger partial charge on any atom is 0.138 e. The van der Waals surface area contributed by atoms with Gasteiger partial charge in [-0.1, -0.05) is 37.6 Å². The Labute approximate surface area is 135 Å². The Morgan fingerprint density at radius 3 is 2.57 bits per heavy atom. The third-order valence-corrected chi connectivity index (χ3v) is 4.35. The highest BCUT2D eigenvalue weighted by Gasteiger charge is 2.03. The Hall–Kier alpha value is -1.10. The third-order valence-electron chi connectivity index (χ3n) is 2.83. The Morgan fingerprint density at radius 1 is 1.19 bits per heavy atom. The molecule has 1 aromatic heterocycles. The first-order chi connectivity index (χ1) is 10.1. The van der Waals surface area contributed by atoms with E-state index in [1.54, 1.807) is 11.8 Å². The summed E-state index contributed by atoms with van der Waals surface area (Å²) in [6.45, 7) is 6.21. The summed E-state index contributed by atoms with van der Waals surface area (Å²) in [6.07, 6.45) is 3.78. The zero-order chi connectivity index (χ0) is 15.1. The molecule has 0 aliphatic heterocycles. The van der Waals surface area contributed by atoms with Gasteiger partial charge in [-0.25, -0.2) is 9.97 Å². The van der Waals surface area contributed by atoms with E-state index in [0.717, 1.165) is 40.1 Å². The van der Waals surface area contributed by atoms with E-state index in [1.165, 1.54) is 0 Å². The van der Waals surface area contributed by atoms with Gasteiger partial charge in [0, 0.05) is 29.4 Å². The molecule has 1 aromatic carbocycles. The molecular formula is C16H20ClN3S. The van der Waals surface area contributed by atoms with Gasteiger partial charge in [0.15, 0.2) is 0 Å². The van der Waals surface area contributed by atoms with Gasteiger partial charge in [-0.15, -0.1) is 11.8 Å². The Morgan fingerprint density at radius 2 is 1.90 bits per heavy atom. The molecule has 21 heavy (non-hydrogen) atoms. The minimum absolute atomic E-state index is 0.650. The van der Waals surface area contributed by atoms with Crippen molar-refractivity contribution in [2.75, 3.05) is 6.54 Å². The van der Waals surface area contributed by atoms with Gasteiger partial charge >= 0.3 is 0 Å². The van der Waals surface area contributed by atoms with Crippen molar-refractivity contribution in [2.45, 2.75) is 31.0 Å². The molecular weight excluding hydrogens is 302 g/mol. The SMILES string of the molecule is CC(C)CNCc1cnc(CSc2ccccc2Cl)nc1. The fourth-order valence-electron chi connectivity index (χ4n) is 1.76. The summed E-state index contributed by atoms with van der Waals surface area (Å²) in [5, 5.41) is 4.16. The van der Waals surface area contributed by atoms with Crippen molar-refractivity contribution in [1.82, 2.24) is 15.3 Å². The number of halogens is 1. The number of benzene rings is 1. The fourth-order valence-corrected chi connectivity index (χ4v) is 2.87. The Bertz CT molecular complexity index is 558. The molecule has 0 saturated heterocycles. The lowest BCUT2D eigenvalue weighted by Crippen LogP contribution is -2.19. The number of nitrogens with one attached hydrogen (secondary N) is 1. The van der Waals surface area contributed by atoms with Crippen molar-refractivity contribution < 1.29 is 0 Å². The summed E-state index contributed by atoms with van der Waals surface area (Å²) in [6, 6.07) is 7.83. The number of rotatable bonds is 7. The molecule has 0 bridgehead atoms. The van der Waals surface area contributed by atoms with Gasteiger partial charge in [-0.2, -0.15) is 0 Å². The van der Waals surface area contributed by atoms with Gasteiger partial charge in [0.2, 0.25) is 0 Å². The zero-order valence-electron chi connectivity index (χ0n) is 12.3. The van der Waals surface area contributed by atoms with Crippen LogP contribution < -0.4 is 5.32 Å². The second-order valence-electron chi connectivity index (χ2n) is 5.25. The van der Waals surface area contributed by atoms with Crippen LogP contribution in [-0.2, 0) is 12.3 Å².